The van der Waals surface area contributed by atoms with Crippen molar-refractivity contribution < 1.29 is 14.6 Å². The Bertz CT molecular complexity index is 531. The summed E-state index contributed by atoms with van der Waals surface area (Å²) < 4.78 is 10.9. The van der Waals surface area contributed by atoms with E-state index in [0.29, 0.717) is 13.2 Å². The smallest absolute Gasteiger partial charge is 0.103 e. The van der Waals surface area contributed by atoms with Crippen molar-refractivity contribution in [3.63, 3.8) is 0 Å². The molecule has 3 nitrogen and oxygen atoms in total. The fourth-order valence-electron chi connectivity index (χ4n) is 2.17. The number of ether oxygens (including phenoxy) is 2. The molecule has 1 N–H and O–H groups in total. The molecular weight excluding hydrogens is 252 g/mol. The highest BCUT2D eigenvalue weighted by Gasteiger charge is 2.11. The van der Waals surface area contributed by atoms with Crippen LogP contribution in [0.1, 0.15) is 25.5 Å². The highest BCUT2D eigenvalue weighted by molar-refractivity contribution is 5.85. The van der Waals surface area contributed by atoms with E-state index in [1.807, 2.05) is 56.3 Å². The summed E-state index contributed by atoms with van der Waals surface area (Å²) in [5.74, 6) is 0. The second kappa shape index (κ2) is 7.39. The normalized spacial score (nSPS) is 13.0. The maximum absolute atomic E-state index is 10.3. The molecule has 3 heteroatoms. The van der Waals surface area contributed by atoms with Gasteiger partial charge < -0.3 is 14.6 Å². The minimum absolute atomic E-state index is 0.210. The molecule has 2 aromatic carbocycles. The van der Waals surface area contributed by atoms with Gasteiger partial charge in [0.05, 0.1) is 25.9 Å². The minimum atomic E-state index is -0.611. The van der Waals surface area contributed by atoms with Gasteiger partial charge in [-0.2, -0.15) is 0 Å². The highest BCUT2D eigenvalue weighted by atomic mass is 16.5. The number of hydrogen-bond donors (Lipinski definition) is 1. The Kier molecular flexibility index (Phi) is 5.53. The number of rotatable bonds is 7. The Balaban J connectivity index is 1.92. The lowest BCUT2D eigenvalue weighted by Crippen LogP contribution is -2.13. The molecule has 0 bridgehead atoms. The topological polar surface area (TPSA) is 38.7 Å². The molecule has 0 heterocycles. The second-order valence-electron chi connectivity index (χ2n) is 5.08. The van der Waals surface area contributed by atoms with E-state index in [2.05, 4.69) is 0 Å². The highest BCUT2D eigenvalue weighted by Crippen LogP contribution is 2.24. The molecule has 0 saturated heterocycles. The summed E-state index contributed by atoms with van der Waals surface area (Å²) in [6, 6.07) is 14.0. The third-order valence-electron chi connectivity index (χ3n) is 3.14. The van der Waals surface area contributed by atoms with Gasteiger partial charge in [-0.1, -0.05) is 42.5 Å². The van der Waals surface area contributed by atoms with Crippen LogP contribution in [0.3, 0.4) is 0 Å². The summed E-state index contributed by atoms with van der Waals surface area (Å²) in [5.41, 5.74) is 0.910. The predicted molar refractivity (Wildman–Crippen MR) is 80.8 cm³/mol. The van der Waals surface area contributed by atoms with Crippen molar-refractivity contribution in [1.82, 2.24) is 0 Å². The first-order valence-electron chi connectivity index (χ1n) is 7.03. The molecule has 0 aromatic heterocycles. The van der Waals surface area contributed by atoms with Crippen LogP contribution in [0, 0.1) is 0 Å². The van der Waals surface area contributed by atoms with Crippen LogP contribution in [0.5, 0.6) is 0 Å². The largest absolute Gasteiger partial charge is 0.386 e. The van der Waals surface area contributed by atoms with Crippen molar-refractivity contribution in [2.45, 2.75) is 26.1 Å². The van der Waals surface area contributed by atoms with Crippen molar-refractivity contribution in [3.05, 3.63) is 48.0 Å². The fourth-order valence-corrected chi connectivity index (χ4v) is 2.17. The molecule has 0 amide bonds. The van der Waals surface area contributed by atoms with Gasteiger partial charge in [-0.05, 0) is 30.2 Å². The van der Waals surface area contributed by atoms with Gasteiger partial charge >= 0.3 is 0 Å². The van der Waals surface area contributed by atoms with Gasteiger partial charge in [0.2, 0.25) is 0 Å². The summed E-state index contributed by atoms with van der Waals surface area (Å²) >= 11 is 0. The Morgan fingerprint density at radius 2 is 1.75 bits per heavy atom. The van der Waals surface area contributed by atoms with E-state index >= 15 is 0 Å². The number of fused-ring (bicyclic) bond motifs is 1. The molecule has 1 atom stereocenters. The summed E-state index contributed by atoms with van der Waals surface area (Å²) in [4.78, 5) is 0. The number of aliphatic hydroxyl groups is 1. The van der Waals surface area contributed by atoms with Crippen LogP contribution in [0.4, 0.5) is 0 Å². The summed E-state index contributed by atoms with van der Waals surface area (Å²) in [6.07, 6.45) is -0.401. The molecule has 0 aliphatic rings. The van der Waals surface area contributed by atoms with Crippen LogP contribution in [0.25, 0.3) is 10.8 Å². The Morgan fingerprint density at radius 3 is 2.55 bits per heavy atom. The first-order valence-corrected chi connectivity index (χ1v) is 7.03. The number of benzene rings is 2. The van der Waals surface area contributed by atoms with Crippen LogP contribution in [0.15, 0.2) is 42.5 Å². The van der Waals surface area contributed by atoms with E-state index < -0.39 is 6.10 Å². The van der Waals surface area contributed by atoms with E-state index in [1.165, 1.54) is 0 Å². The van der Waals surface area contributed by atoms with Crippen LogP contribution in [0.2, 0.25) is 0 Å². The summed E-state index contributed by atoms with van der Waals surface area (Å²) in [6.45, 7) is 5.32. The van der Waals surface area contributed by atoms with Crippen molar-refractivity contribution in [2.24, 2.45) is 0 Å². The molecule has 0 saturated carbocycles. The average Bonchev–Trinajstić information content (AvgIpc) is 2.45. The van der Waals surface area contributed by atoms with Crippen LogP contribution < -0.4 is 0 Å². The van der Waals surface area contributed by atoms with E-state index in [9.17, 15) is 5.11 Å². The van der Waals surface area contributed by atoms with Crippen LogP contribution >= 0.6 is 0 Å². The lowest BCUT2D eigenvalue weighted by Gasteiger charge is -2.14. The fraction of sp³-hybridized carbons (Fsp3) is 0.412. The van der Waals surface area contributed by atoms with Gasteiger partial charge in [0.15, 0.2) is 0 Å². The lowest BCUT2D eigenvalue weighted by atomic mass is 10.0. The number of aliphatic hydroxyl groups excluding tert-OH is 1. The molecule has 0 aliphatic heterocycles. The minimum Gasteiger partial charge on any atom is -0.386 e. The molecule has 2 aromatic rings. The first kappa shape index (κ1) is 15.0. The van der Waals surface area contributed by atoms with Crippen LogP contribution in [-0.2, 0) is 9.47 Å². The number of hydrogen-bond acceptors (Lipinski definition) is 3. The Labute approximate surface area is 120 Å². The third-order valence-corrected chi connectivity index (χ3v) is 3.14. The zero-order valence-electron chi connectivity index (χ0n) is 12.1. The predicted octanol–water partition coefficient (Wildman–Crippen LogP) is 3.31. The zero-order chi connectivity index (χ0) is 14.4. The first-order chi connectivity index (χ1) is 9.68. The summed E-state index contributed by atoms with van der Waals surface area (Å²) in [7, 11) is 0. The second-order valence-corrected chi connectivity index (χ2v) is 5.08. The molecule has 0 spiro atoms. The standard InChI is InChI=1S/C17H22O3/c1-13(2)20-11-10-19-12-17(18)16-9-5-7-14-6-3-4-8-15(14)16/h3-9,13,17-18H,10-12H2,1-2H3. The molecule has 0 radical (unpaired) electrons. The van der Waals surface area contributed by atoms with Crippen molar-refractivity contribution in [1.29, 1.82) is 0 Å². The van der Waals surface area contributed by atoms with Gasteiger partial charge in [-0.3, -0.25) is 0 Å². The molecule has 0 fully saturated rings. The maximum Gasteiger partial charge on any atom is 0.103 e. The Hall–Kier alpha value is -1.42. The Morgan fingerprint density at radius 1 is 1.00 bits per heavy atom. The molecular formula is C17H22O3. The zero-order valence-corrected chi connectivity index (χ0v) is 12.1. The van der Waals surface area contributed by atoms with Crippen molar-refractivity contribution in [3.8, 4) is 0 Å². The van der Waals surface area contributed by atoms with Crippen LogP contribution in [-0.4, -0.2) is 31.0 Å². The van der Waals surface area contributed by atoms with Crippen molar-refractivity contribution in [2.75, 3.05) is 19.8 Å². The molecule has 2 rings (SSSR count). The van der Waals surface area contributed by atoms with Gasteiger partial charge in [0.1, 0.15) is 6.10 Å². The molecule has 0 aliphatic carbocycles. The van der Waals surface area contributed by atoms with Gasteiger partial charge in [-0.15, -0.1) is 0 Å². The van der Waals surface area contributed by atoms with E-state index in [0.717, 1.165) is 16.3 Å². The third kappa shape index (κ3) is 4.04. The van der Waals surface area contributed by atoms with E-state index in [1.54, 1.807) is 0 Å². The average molecular weight is 274 g/mol. The maximum atomic E-state index is 10.3. The molecule has 108 valence electrons. The van der Waals surface area contributed by atoms with E-state index in [-0.39, 0.29) is 12.7 Å². The van der Waals surface area contributed by atoms with Gasteiger partial charge in [-0.25, -0.2) is 0 Å². The van der Waals surface area contributed by atoms with E-state index in [4.69, 9.17) is 9.47 Å². The van der Waals surface area contributed by atoms with Gasteiger partial charge in [0.25, 0.3) is 0 Å². The van der Waals surface area contributed by atoms with Crippen molar-refractivity contribution >= 4 is 10.8 Å². The summed E-state index contributed by atoms with van der Waals surface area (Å²) in [5, 5.41) is 12.5. The molecule has 20 heavy (non-hydrogen) atoms. The monoisotopic (exact) mass is 274 g/mol. The van der Waals surface area contributed by atoms with Gasteiger partial charge in [0, 0.05) is 0 Å². The SMILES string of the molecule is CC(C)OCCOCC(O)c1cccc2ccccc12. The molecule has 1 unspecified atom stereocenters. The quantitative estimate of drug-likeness (QED) is 0.787. The lowest BCUT2D eigenvalue weighted by molar-refractivity contribution is -0.0107.